The number of hydrogen-bond acceptors (Lipinski definition) is 3. The summed E-state index contributed by atoms with van der Waals surface area (Å²) in [4.78, 5) is 12.3. The summed E-state index contributed by atoms with van der Waals surface area (Å²) in [6.45, 7) is 5.37. The van der Waals surface area contributed by atoms with E-state index in [1.54, 1.807) is 0 Å². The van der Waals surface area contributed by atoms with Crippen LogP contribution in [-0.4, -0.2) is 25.2 Å². The van der Waals surface area contributed by atoms with Crippen LogP contribution in [0.1, 0.15) is 47.6 Å². The Bertz CT molecular complexity index is 486. The first-order valence-electron chi connectivity index (χ1n) is 7.06. The van der Waals surface area contributed by atoms with Crippen LogP contribution < -0.4 is 5.32 Å². The number of nitrogens with one attached hydrogen (secondary N) is 1. The predicted molar refractivity (Wildman–Crippen MR) is 71.2 cm³/mol. The van der Waals surface area contributed by atoms with Gasteiger partial charge in [0.15, 0.2) is 0 Å². The number of amides is 1. The molecule has 104 valence electrons. The average molecular weight is 263 g/mol. The largest absolute Gasteiger partial charge is 0.466 e. The van der Waals surface area contributed by atoms with Gasteiger partial charge < -0.3 is 14.5 Å². The van der Waals surface area contributed by atoms with E-state index in [0.717, 1.165) is 38.2 Å². The van der Waals surface area contributed by atoms with Crippen LogP contribution in [0, 0.1) is 19.3 Å². The first-order valence-corrected chi connectivity index (χ1v) is 7.06. The van der Waals surface area contributed by atoms with Gasteiger partial charge >= 0.3 is 0 Å². The second-order valence-electron chi connectivity index (χ2n) is 5.87. The highest BCUT2D eigenvalue weighted by molar-refractivity contribution is 5.95. The number of carbonyl (C=O) groups is 1. The summed E-state index contributed by atoms with van der Waals surface area (Å²) in [6.07, 6.45) is 4.44. The summed E-state index contributed by atoms with van der Waals surface area (Å²) in [6, 6.07) is 2.12. The molecule has 1 N–H and O–H groups in total. The number of rotatable bonds is 2. The molecule has 1 saturated carbocycles. The highest BCUT2D eigenvalue weighted by atomic mass is 16.5. The van der Waals surface area contributed by atoms with Crippen molar-refractivity contribution in [1.29, 1.82) is 0 Å². The number of furan rings is 1. The van der Waals surface area contributed by atoms with Crippen LogP contribution in [0.3, 0.4) is 0 Å². The molecule has 19 heavy (non-hydrogen) atoms. The summed E-state index contributed by atoms with van der Waals surface area (Å²) < 4.78 is 10.9. The van der Waals surface area contributed by atoms with Crippen molar-refractivity contribution < 1.29 is 13.9 Å². The minimum absolute atomic E-state index is 0.00455. The van der Waals surface area contributed by atoms with Crippen LogP contribution in [0.2, 0.25) is 0 Å². The van der Waals surface area contributed by atoms with Crippen molar-refractivity contribution in [2.75, 3.05) is 13.2 Å². The number of ether oxygens (including phenoxy) is 1. The van der Waals surface area contributed by atoms with Gasteiger partial charge in [0.2, 0.25) is 0 Å². The standard InChI is InChI=1S/C15H21NO3/c1-10-9-12(11(2)19-10)14(17)16-13-3-4-15(13)5-7-18-8-6-15/h9,13H,3-8H2,1-2H3,(H,16,17). The van der Waals surface area contributed by atoms with Crippen LogP contribution in [-0.2, 0) is 4.74 Å². The Kier molecular flexibility index (Phi) is 3.13. The van der Waals surface area contributed by atoms with E-state index in [2.05, 4.69) is 5.32 Å². The molecule has 1 aliphatic heterocycles. The van der Waals surface area contributed by atoms with E-state index in [9.17, 15) is 4.79 Å². The fraction of sp³-hybridized carbons (Fsp3) is 0.667. The molecule has 1 aliphatic carbocycles. The van der Waals surface area contributed by atoms with E-state index in [1.165, 1.54) is 6.42 Å². The van der Waals surface area contributed by atoms with Crippen molar-refractivity contribution in [3.8, 4) is 0 Å². The monoisotopic (exact) mass is 263 g/mol. The van der Waals surface area contributed by atoms with Crippen LogP contribution >= 0.6 is 0 Å². The smallest absolute Gasteiger partial charge is 0.255 e. The summed E-state index contributed by atoms with van der Waals surface area (Å²) in [5.41, 5.74) is 0.965. The van der Waals surface area contributed by atoms with E-state index in [0.29, 0.717) is 22.8 Å². The van der Waals surface area contributed by atoms with Gasteiger partial charge in [0, 0.05) is 19.3 Å². The molecule has 0 aromatic carbocycles. The molecule has 2 fully saturated rings. The molecule has 1 aromatic heterocycles. The van der Waals surface area contributed by atoms with Crippen LogP contribution in [0.25, 0.3) is 0 Å². The van der Waals surface area contributed by atoms with Crippen molar-refractivity contribution in [2.45, 2.75) is 45.6 Å². The fourth-order valence-electron chi connectivity index (χ4n) is 3.39. The molecule has 0 bridgehead atoms. The lowest BCUT2D eigenvalue weighted by Gasteiger charge is -2.52. The zero-order chi connectivity index (χ0) is 13.5. The molecule has 3 rings (SSSR count). The molecule has 4 heteroatoms. The Morgan fingerprint density at radius 1 is 1.32 bits per heavy atom. The molecule has 1 amide bonds. The van der Waals surface area contributed by atoms with E-state index < -0.39 is 0 Å². The van der Waals surface area contributed by atoms with E-state index in [1.807, 2.05) is 19.9 Å². The third kappa shape index (κ3) is 2.18. The fourth-order valence-corrected chi connectivity index (χ4v) is 3.39. The van der Waals surface area contributed by atoms with Crippen LogP contribution in [0.5, 0.6) is 0 Å². The average Bonchev–Trinajstić information content (AvgIpc) is 2.74. The summed E-state index contributed by atoms with van der Waals surface area (Å²) in [5, 5.41) is 3.19. The van der Waals surface area contributed by atoms with Gasteiger partial charge in [-0.3, -0.25) is 4.79 Å². The maximum absolute atomic E-state index is 12.3. The third-order valence-electron chi connectivity index (χ3n) is 4.75. The van der Waals surface area contributed by atoms with Crippen molar-refractivity contribution in [1.82, 2.24) is 5.32 Å². The van der Waals surface area contributed by atoms with Gasteiger partial charge in [0.25, 0.3) is 5.91 Å². The lowest BCUT2D eigenvalue weighted by atomic mass is 9.60. The Hall–Kier alpha value is -1.29. The lowest BCUT2D eigenvalue weighted by Crippen LogP contribution is -2.57. The molecule has 2 heterocycles. The quantitative estimate of drug-likeness (QED) is 0.892. The molecule has 1 atom stereocenters. The molecule has 0 radical (unpaired) electrons. The van der Waals surface area contributed by atoms with E-state index >= 15 is 0 Å². The van der Waals surface area contributed by atoms with Crippen molar-refractivity contribution in [3.05, 3.63) is 23.2 Å². The van der Waals surface area contributed by atoms with Crippen LogP contribution in [0.15, 0.2) is 10.5 Å². The second kappa shape index (κ2) is 4.67. The minimum Gasteiger partial charge on any atom is -0.466 e. The van der Waals surface area contributed by atoms with Gasteiger partial charge in [-0.1, -0.05) is 0 Å². The van der Waals surface area contributed by atoms with Crippen LogP contribution in [0.4, 0.5) is 0 Å². The normalized spacial score (nSPS) is 25.1. The second-order valence-corrected chi connectivity index (χ2v) is 5.87. The van der Waals surface area contributed by atoms with Crippen molar-refractivity contribution in [2.24, 2.45) is 5.41 Å². The molecule has 2 aliphatic rings. The van der Waals surface area contributed by atoms with Gasteiger partial charge in [-0.05, 0) is 51.0 Å². The molecule has 1 saturated heterocycles. The molecular formula is C15H21NO3. The highest BCUT2D eigenvalue weighted by Crippen LogP contribution is 2.48. The zero-order valence-electron chi connectivity index (χ0n) is 11.6. The van der Waals surface area contributed by atoms with E-state index in [-0.39, 0.29) is 5.91 Å². The van der Waals surface area contributed by atoms with Gasteiger partial charge in [0.05, 0.1) is 5.56 Å². The Labute approximate surface area is 113 Å². The molecule has 4 nitrogen and oxygen atoms in total. The molecule has 1 unspecified atom stereocenters. The van der Waals surface area contributed by atoms with Crippen molar-refractivity contribution in [3.63, 3.8) is 0 Å². The number of hydrogen-bond donors (Lipinski definition) is 1. The Morgan fingerprint density at radius 3 is 2.58 bits per heavy atom. The van der Waals surface area contributed by atoms with Gasteiger partial charge in [-0.15, -0.1) is 0 Å². The molecule has 1 aromatic rings. The SMILES string of the molecule is Cc1cc(C(=O)NC2CCC23CCOCC3)c(C)o1. The maximum Gasteiger partial charge on any atom is 0.255 e. The third-order valence-corrected chi connectivity index (χ3v) is 4.75. The van der Waals surface area contributed by atoms with Crippen molar-refractivity contribution >= 4 is 5.91 Å². The number of carbonyl (C=O) groups excluding carboxylic acids is 1. The van der Waals surface area contributed by atoms with Gasteiger partial charge in [0.1, 0.15) is 11.5 Å². The summed E-state index contributed by atoms with van der Waals surface area (Å²) in [7, 11) is 0. The molecular weight excluding hydrogens is 242 g/mol. The first-order chi connectivity index (χ1) is 9.11. The first kappa shape index (κ1) is 12.7. The maximum atomic E-state index is 12.3. The Balaban J connectivity index is 1.68. The zero-order valence-corrected chi connectivity index (χ0v) is 11.6. The summed E-state index contributed by atoms with van der Waals surface area (Å²) in [5.74, 6) is 1.50. The lowest BCUT2D eigenvalue weighted by molar-refractivity contribution is -0.0523. The predicted octanol–water partition coefficient (Wildman–Crippen LogP) is 2.59. The summed E-state index contributed by atoms with van der Waals surface area (Å²) >= 11 is 0. The topological polar surface area (TPSA) is 51.5 Å². The Morgan fingerprint density at radius 2 is 2.05 bits per heavy atom. The van der Waals surface area contributed by atoms with Gasteiger partial charge in [-0.25, -0.2) is 0 Å². The number of aryl methyl sites for hydroxylation is 2. The van der Waals surface area contributed by atoms with E-state index in [4.69, 9.17) is 9.15 Å². The molecule has 1 spiro atoms. The highest BCUT2D eigenvalue weighted by Gasteiger charge is 2.48. The minimum atomic E-state index is 0.00455. The van der Waals surface area contributed by atoms with Gasteiger partial charge in [-0.2, -0.15) is 0 Å².